The predicted octanol–water partition coefficient (Wildman–Crippen LogP) is 11.1. The molecule has 0 radical (unpaired) electrons. The van der Waals surface area contributed by atoms with Crippen molar-refractivity contribution in [2.24, 2.45) is 11.8 Å². The van der Waals surface area contributed by atoms with Crippen LogP contribution in [0.4, 0.5) is 37.7 Å². The Morgan fingerprint density at radius 2 is 1.29 bits per heavy atom. The Labute approximate surface area is 333 Å². The van der Waals surface area contributed by atoms with Gasteiger partial charge in [-0.15, -0.1) is 0 Å². The zero-order valence-electron chi connectivity index (χ0n) is 31.0. The van der Waals surface area contributed by atoms with Crippen LogP contribution in [0.3, 0.4) is 0 Å². The topological polar surface area (TPSA) is 64.7 Å². The molecular formula is C42H44Cl2F6N4O2. The summed E-state index contributed by atoms with van der Waals surface area (Å²) < 4.78 is 78.3. The molecule has 14 heteroatoms. The Morgan fingerprint density at radius 3 is 1.91 bits per heavy atom. The number of likely N-dealkylation sites (tertiary alicyclic amines) is 2. The summed E-state index contributed by atoms with van der Waals surface area (Å²) in [6, 6.07) is 21.9. The van der Waals surface area contributed by atoms with Gasteiger partial charge in [-0.3, -0.25) is 14.5 Å². The number of halogens is 8. The summed E-state index contributed by atoms with van der Waals surface area (Å²) in [5.41, 5.74) is 1.94. The fourth-order valence-corrected chi connectivity index (χ4v) is 7.32. The number of benzene rings is 4. The third-order valence-corrected chi connectivity index (χ3v) is 10.3. The molecule has 2 atom stereocenters. The van der Waals surface area contributed by atoms with Crippen LogP contribution in [0, 0.1) is 25.7 Å². The van der Waals surface area contributed by atoms with Gasteiger partial charge in [0.2, 0.25) is 5.91 Å². The molecule has 2 saturated heterocycles. The number of amides is 2. The molecule has 2 N–H and O–H groups in total. The van der Waals surface area contributed by atoms with Crippen LogP contribution < -0.4 is 10.6 Å². The maximum atomic E-state index is 13.1. The molecule has 0 spiro atoms. The predicted molar refractivity (Wildman–Crippen MR) is 209 cm³/mol. The van der Waals surface area contributed by atoms with Gasteiger partial charge in [-0.05, 0) is 142 Å². The highest BCUT2D eigenvalue weighted by Gasteiger charge is 2.34. The van der Waals surface area contributed by atoms with E-state index in [1.165, 1.54) is 30.0 Å². The van der Waals surface area contributed by atoms with E-state index in [4.69, 9.17) is 23.2 Å². The fraction of sp³-hybridized carbons (Fsp3) is 0.381. The summed E-state index contributed by atoms with van der Waals surface area (Å²) in [6.45, 7) is 7.01. The Hall–Kier alpha value is -4.26. The second-order valence-corrected chi connectivity index (χ2v) is 15.4. The van der Waals surface area contributed by atoms with E-state index >= 15 is 0 Å². The van der Waals surface area contributed by atoms with E-state index in [2.05, 4.69) is 15.5 Å². The zero-order chi connectivity index (χ0) is 40.6. The first-order valence-corrected chi connectivity index (χ1v) is 19.1. The average molecular weight is 822 g/mol. The van der Waals surface area contributed by atoms with Gasteiger partial charge < -0.3 is 15.5 Å². The van der Waals surface area contributed by atoms with Crippen molar-refractivity contribution in [3.8, 4) is 0 Å². The van der Waals surface area contributed by atoms with E-state index in [9.17, 15) is 35.9 Å². The molecule has 2 amide bonds. The van der Waals surface area contributed by atoms with Crippen molar-refractivity contribution >= 4 is 46.4 Å². The molecule has 2 fully saturated rings. The zero-order valence-corrected chi connectivity index (χ0v) is 32.6. The molecule has 4 aromatic rings. The van der Waals surface area contributed by atoms with Gasteiger partial charge in [-0.2, -0.15) is 26.3 Å². The fourth-order valence-electron chi connectivity index (χ4n) is 7.07. The molecule has 6 nitrogen and oxygen atoms in total. The van der Waals surface area contributed by atoms with E-state index < -0.39 is 35.3 Å². The lowest BCUT2D eigenvalue weighted by molar-refractivity contribution is -0.138. The highest BCUT2D eigenvalue weighted by Crippen LogP contribution is 2.33. The van der Waals surface area contributed by atoms with E-state index in [0.29, 0.717) is 58.7 Å². The van der Waals surface area contributed by atoms with Gasteiger partial charge in [0.25, 0.3) is 5.91 Å². The molecule has 300 valence electrons. The second kappa shape index (κ2) is 18.8. The van der Waals surface area contributed by atoms with Crippen LogP contribution in [0.5, 0.6) is 0 Å². The van der Waals surface area contributed by atoms with Gasteiger partial charge in [0, 0.05) is 59.7 Å². The Balaban J connectivity index is 0.000000215. The number of rotatable bonds is 8. The number of hydrogen-bond acceptors (Lipinski definition) is 4. The molecule has 2 aliphatic rings. The van der Waals surface area contributed by atoms with Crippen molar-refractivity contribution in [3.05, 3.63) is 128 Å². The molecule has 56 heavy (non-hydrogen) atoms. The SMILES string of the molecule is Cc1cc(C(=O)N2CCCC(C(=O)Nc3ccc(Cl)cc3)C2)cc(C(F)(F)F)c1.Cc1cc(CN2CCCC(CNc3ccc(Cl)cc3)C2)cc(C(F)(F)F)c1. The van der Waals surface area contributed by atoms with Crippen LogP contribution in [0.1, 0.15) is 63.9 Å². The minimum absolute atomic E-state index is 0.0175. The van der Waals surface area contributed by atoms with Crippen molar-refractivity contribution in [3.63, 3.8) is 0 Å². The average Bonchev–Trinajstić information content (AvgIpc) is 3.14. The number of nitrogens with one attached hydrogen (secondary N) is 2. The number of aryl methyl sites for hydroxylation is 2. The smallest absolute Gasteiger partial charge is 0.385 e. The van der Waals surface area contributed by atoms with Crippen molar-refractivity contribution in [2.45, 2.75) is 58.4 Å². The molecule has 4 aromatic carbocycles. The minimum Gasteiger partial charge on any atom is -0.385 e. The first-order chi connectivity index (χ1) is 26.4. The lowest BCUT2D eigenvalue weighted by atomic mass is 9.96. The summed E-state index contributed by atoms with van der Waals surface area (Å²) in [5.74, 6) is -0.690. The van der Waals surface area contributed by atoms with Gasteiger partial charge in [0.1, 0.15) is 0 Å². The number of alkyl halides is 6. The lowest BCUT2D eigenvalue weighted by Gasteiger charge is -2.33. The first kappa shape index (κ1) is 42.9. The molecule has 0 aromatic heterocycles. The highest BCUT2D eigenvalue weighted by molar-refractivity contribution is 6.30. The Bertz CT molecular complexity index is 1960. The summed E-state index contributed by atoms with van der Waals surface area (Å²) in [6.07, 6.45) is -5.44. The van der Waals surface area contributed by atoms with Crippen LogP contribution in [0.2, 0.25) is 10.0 Å². The first-order valence-electron chi connectivity index (χ1n) is 18.4. The maximum absolute atomic E-state index is 13.1. The number of hydrogen-bond donors (Lipinski definition) is 2. The monoisotopic (exact) mass is 820 g/mol. The molecule has 0 bridgehead atoms. The molecular weight excluding hydrogens is 777 g/mol. The standard InChI is InChI=1S/C21H20ClF3N2O2.C21H24ClF3N2/c1-13-9-15(11-16(10-13)21(23,24)25)20(29)27-8-2-3-14(12-27)19(28)26-18-6-4-17(22)5-7-18;1-15-9-17(11-18(10-15)21(23,24)25)14-27-8-2-3-16(13-27)12-26-20-6-4-19(22)5-7-20/h4-7,9-11,14H,2-3,8,12H2,1H3,(H,26,28);4-7,9-11,16,26H,2-3,8,12-14H2,1H3. The van der Waals surface area contributed by atoms with Gasteiger partial charge in [-0.25, -0.2) is 0 Å². The third-order valence-electron chi connectivity index (χ3n) is 9.76. The number of piperidine rings is 2. The largest absolute Gasteiger partial charge is 0.416 e. The van der Waals surface area contributed by atoms with Crippen molar-refractivity contribution in [1.29, 1.82) is 0 Å². The lowest BCUT2D eigenvalue weighted by Crippen LogP contribution is -2.43. The molecule has 6 rings (SSSR count). The van der Waals surface area contributed by atoms with Gasteiger partial charge in [-0.1, -0.05) is 34.8 Å². The Kier molecular flexibility index (Phi) is 14.4. The number of nitrogens with zero attached hydrogens (tertiary/aromatic N) is 2. The van der Waals surface area contributed by atoms with Crippen LogP contribution in [-0.2, 0) is 23.7 Å². The number of carbonyl (C=O) groups excluding carboxylic acids is 2. The molecule has 2 aliphatic heterocycles. The van der Waals surface area contributed by atoms with Gasteiger partial charge in [0.05, 0.1) is 17.0 Å². The van der Waals surface area contributed by atoms with Crippen molar-refractivity contribution < 1.29 is 35.9 Å². The van der Waals surface area contributed by atoms with Crippen LogP contribution >= 0.6 is 23.2 Å². The van der Waals surface area contributed by atoms with E-state index in [0.717, 1.165) is 55.9 Å². The maximum Gasteiger partial charge on any atom is 0.416 e. The molecule has 2 unspecified atom stereocenters. The quantitative estimate of drug-likeness (QED) is 0.174. The van der Waals surface area contributed by atoms with E-state index in [1.54, 1.807) is 31.2 Å². The molecule has 0 saturated carbocycles. The van der Waals surface area contributed by atoms with Gasteiger partial charge in [0.15, 0.2) is 0 Å². The van der Waals surface area contributed by atoms with Gasteiger partial charge >= 0.3 is 12.4 Å². The summed E-state index contributed by atoms with van der Waals surface area (Å²) in [5, 5.41) is 7.48. The highest BCUT2D eigenvalue weighted by atomic mass is 35.5. The van der Waals surface area contributed by atoms with E-state index in [1.807, 2.05) is 30.3 Å². The molecule has 2 heterocycles. The van der Waals surface area contributed by atoms with E-state index in [-0.39, 0.29) is 18.0 Å². The van der Waals surface area contributed by atoms with Crippen molar-refractivity contribution in [2.75, 3.05) is 43.4 Å². The number of carbonyl (C=O) groups is 2. The normalized spacial score (nSPS) is 17.8. The van der Waals surface area contributed by atoms with Crippen LogP contribution in [-0.4, -0.2) is 54.3 Å². The second-order valence-electron chi connectivity index (χ2n) is 14.5. The summed E-state index contributed by atoms with van der Waals surface area (Å²) >= 11 is 11.7. The summed E-state index contributed by atoms with van der Waals surface area (Å²) in [4.78, 5) is 29.1. The summed E-state index contributed by atoms with van der Waals surface area (Å²) in [7, 11) is 0. The third kappa shape index (κ3) is 12.6. The molecule has 0 aliphatic carbocycles. The van der Waals surface area contributed by atoms with Crippen molar-refractivity contribution in [1.82, 2.24) is 9.80 Å². The van der Waals surface area contributed by atoms with Crippen LogP contribution in [0.25, 0.3) is 0 Å². The minimum atomic E-state index is -4.52. The Morgan fingerprint density at radius 1 is 0.714 bits per heavy atom. The van der Waals surface area contributed by atoms with Crippen LogP contribution in [0.15, 0.2) is 84.9 Å². The number of anilines is 2.